The molecule has 3 aromatic carbocycles. The number of amides is 1. The number of carbonyl (C=O) groups is 1. The standard InChI is InChI=1S/C26H26N2O2S/c1-4-18(3)19-8-12-22(13-9-19)30-16-25(29)27-21-10-6-20(7-11-21)26-28-23-14-5-17(2)15-24(23)31-26/h5-15,18H,4,16H2,1-3H3,(H,27,29)/t18-/m1/s1. The topological polar surface area (TPSA) is 51.2 Å². The van der Waals surface area contributed by atoms with E-state index in [2.05, 4.69) is 56.4 Å². The molecule has 4 aromatic rings. The van der Waals surface area contributed by atoms with Gasteiger partial charge in [0.1, 0.15) is 10.8 Å². The molecule has 1 heterocycles. The number of aryl methyl sites for hydroxylation is 1. The lowest BCUT2D eigenvalue weighted by Gasteiger charge is -2.11. The van der Waals surface area contributed by atoms with E-state index in [0.29, 0.717) is 11.7 Å². The van der Waals surface area contributed by atoms with Crippen LogP contribution in [0, 0.1) is 6.92 Å². The maximum atomic E-state index is 12.3. The van der Waals surface area contributed by atoms with Crippen molar-refractivity contribution in [3.05, 3.63) is 77.9 Å². The largest absolute Gasteiger partial charge is 0.484 e. The number of hydrogen-bond acceptors (Lipinski definition) is 4. The van der Waals surface area contributed by atoms with Crippen LogP contribution in [0.1, 0.15) is 37.3 Å². The van der Waals surface area contributed by atoms with Gasteiger partial charge in [0.05, 0.1) is 10.2 Å². The van der Waals surface area contributed by atoms with Gasteiger partial charge in [0.25, 0.3) is 5.91 Å². The molecule has 4 rings (SSSR count). The highest BCUT2D eigenvalue weighted by atomic mass is 32.1. The Labute approximate surface area is 186 Å². The molecule has 0 bridgehead atoms. The van der Waals surface area contributed by atoms with Gasteiger partial charge in [-0.25, -0.2) is 4.98 Å². The zero-order valence-corrected chi connectivity index (χ0v) is 18.8. The second-order valence-electron chi connectivity index (χ2n) is 7.78. The highest BCUT2D eigenvalue weighted by Gasteiger charge is 2.09. The van der Waals surface area contributed by atoms with Crippen LogP contribution in [0.5, 0.6) is 5.75 Å². The van der Waals surface area contributed by atoms with Crippen molar-refractivity contribution in [3.8, 4) is 16.3 Å². The minimum atomic E-state index is -0.186. The molecule has 5 heteroatoms. The van der Waals surface area contributed by atoms with Gasteiger partial charge in [-0.15, -0.1) is 11.3 Å². The van der Waals surface area contributed by atoms with Crippen molar-refractivity contribution in [1.82, 2.24) is 4.98 Å². The highest BCUT2D eigenvalue weighted by Crippen LogP contribution is 2.31. The Kier molecular flexibility index (Phi) is 6.33. The number of fused-ring (bicyclic) bond motifs is 1. The third-order valence-corrected chi connectivity index (χ3v) is 6.46. The van der Waals surface area contributed by atoms with Crippen LogP contribution in [0.2, 0.25) is 0 Å². The van der Waals surface area contributed by atoms with Crippen molar-refractivity contribution in [3.63, 3.8) is 0 Å². The Hall–Kier alpha value is -3.18. The van der Waals surface area contributed by atoms with Crippen molar-refractivity contribution in [2.24, 2.45) is 0 Å². The van der Waals surface area contributed by atoms with E-state index in [1.807, 2.05) is 36.4 Å². The van der Waals surface area contributed by atoms with Crippen molar-refractivity contribution in [2.45, 2.75) is 33.1 Å². The summed E-state index contributed by atoms with van der Waals surface area (Å²) in [6.45, 7) is 6.43. The Morgan fingerprint density at radius 1 is 1.06 bits per heavy atom. The SMILES string of the molecule is CC[C@@H](C)c1ccc(OCC(=O)Nc2ccc(-c3nc4ccc(C)cc4s3)cc2)cc1. The second-order valence-corrected chi connectivity index (χ2v) is 8.81. The van der Waals surface area contributed by atoms with Crippen molar-refractivity contribution < 1.29 is 9.53 Å². The number of benzene rings is 3. The fourth-order valence-corrected chi connectivity index (χ4v) is 4.39. The average molecular weight is 431 g/mol. The van der Waals surface area contributed by atoms with Crippen LogP contribution in [0.25, 0.3) is 20.8 Å². The fourth-order valence-electron chi connectivity index (χ4n) is 3.33. The third-order valence-electron chi connectivity index (χ3n) is 5.39. The van der Waals surface area contributed by atoms with Crippen LogP contribution in [0.3, 0.4) is 0 Å². The van der Waals surface area contributed by atoms with Crippen LogP contribution in [-0.2, 0) is 4.79 Å². The summed E-state index contributed by atoms with van der Waals surface area (Å²) in [4.78, 5) is 17.0. The lowest BCUT2D eigenvalue weighted by molar-refractivity contribution is -0.118. The third kappa shape index (κ3) is 5.12. The van der Waals surface area contributed by atoms with Gasteiger partial charge in [-0.1, -0.05) is 32.0 Å². The van der Waals surface area contributed by atoms with Crippen molar-refractivity contribution >= 4 is 33.1 Å². The number of aromatic nitrogens is 1. The first kappa shape index (κ1) is 21.1. The van der Waals surface area contributed by atoms with E-state index in [0.717, 1.165) is 28.2 Å². The molecule has 0 aliphatic rings. The van der Waals surface area contributed by atoms with Gasteiger partial charge in [-0.05, 0) is 78.9 Å². The second kappa shape index (κ2) is 9.31. The molecule has 4 nitrogen and oxygen atoms in total. The van der Waals surface area contributed by atoms with Crippen LogP contribution in [0.15, 0.2) is 66.7 Å². The Morgan fingerprint density at radius 3 is 2.52 bits per heavy atom. The molecular formula is C26H26N2O2S. The molecule has 0 unspecified atom stereocenters. The van der Waals surface area contributed by atoms with Crippen LogP contribution in [-0.4, -0.2) is 17.5 Å². The normalized spacial score (nSPS) is 12.0. The highest BCUT2D eigenvalue weighted by molar-refractivity contribution is 7.21. The van der Waals surface area contributed by atoms with Crippen LogP contribution in [0.4, 0.5) is 5.69 Å². The Balaban J connectivity index is 1.34. The van der Waals surface area contributed by atoms with Gasteiger partial charge in [0.2, 0.25) is 0 Å². The molecule has 0 aliphatic heterocycles. The van der Waals surface area contributed by atoms with Gasteiger partial charge in [-0.3, -0.25) is 4.79 Å². The number of ether oxygens (including phenoxy) is 1. The molecule has 1 aromatic heterocycles. The minimum Gasteiger partial charge on any atom is -0.484 e. The summed E-state index contributed by atoms with van der Waals surface area (Å²) < 4.78 is 6.81. The summed E-state index contributed by atoms with van der Waals surface area (Å²) in [6.07, 6.45) is 1.10. The van der Waals surface area contributed by atoms with Gasteiger partial charge in [0.15, 0.2) is 6.61 Å². The van der Waals surface area contributed by atoms with E-state index >= 15 is 0 Å². The smallest absolute Gasteiger partial charge is 0.262 e. The zero-order valence-electron chi connectivity index (χ0n) is 18.0. The molecule has 0 aliphatic carbocycles. The molecule has 1 amide bonds. The maximum absolute atomic E-state index is 12.3. The molecule has 0 radical (unpaired) electrons. The summed E-state index contributed by atoms with van der Waals surface area (Å²) in [6, 6.07) is 22.0. The van der Waals surface area contributed by atoms with E-state index in [-0.39, 0.29) is 12.5 Å². The number of nitrogens with one attached hydrogen (secondary N) is 1. The summed E-state index contributed by atoms with van der Waals surface area (Å²) in [5, 5.41) is 3.86. The average Bonchev–Trinajstić information content (AvgIpc) is 3.21. The molecule has 1 atom stereocenters. The van der Waals surface area contributed by atoms with E-state index in [1.165, 1.54) is 15.8 Å². The predicted molar refractivity (Wildman–Crippen MR) is 129 cm³/mol. The van der Waals surface area contributed by atoms with E-state index in [9.17, 15) is 4.79 Å². The van der Waals surface area contributed by atoms with E-state index < -0.39 is 0 Å². The first-order valence-electron chi connectivity index (χ1n) is 10.5. The van der Waals surface area contributed by atoms with E-state index in [4.69, 9.17) is 9.72 Å². The first-order chi connectivity index (χ1) is 15.0. The molecular weight excluding hydrogens is 404 g/mol. The number of rotatable bonds is 7. The number of hydrogen-bond donors (Lipinski definition) is 1. The maximum Gasteiger partial charge on any atom is 0.262 e. The Morgan fingerprint density at radius 2 is 1.81 bits per heavy atom. The lowest BCUT2D eigenvalue weighted by Crippen LogP contribution is -2.20. The number of thiazole rings is 1. The van der Waals surface area contributed by atoms with Crippen LogP contribution < -0.4 is 10.1 Å². The summed E-state index contributed by atoms with van der Waals surface area (Å²) in [5.74, 6) is 1.03. The van der Waals surface area contributed by atoms with Gasteiger partial charge in [-0.2, -0.15) is 0 Å². The molecule has 158 valence electrons. The molecule has 0 fully saturated rings. The number of anilines is 1. The van der Waals surface area contributed by atoms with Gasteiger partial charge in [0, 0.05) is 11.3 Å². The Bertz CT molecular complexity index is 1180. The summed E-state index contributed by atoms with van der Waals surface area (Å²) >= 11 is 1.68. The monoisotopic (exact) mass is 430 g/mol. The predicted octanol–water partition coefficient (Wildman–Crippen LogP) is 6.80. The quantitative estimate of drug-likeness (QED) is 0.351. The first-order valence-corrected chi connectivity index (χ1v) is 11.3. The van der Waals surface area contributed by atoms with E-state index in [1.54, 1.807) is 11.3 Å². The number of nitrogens with zero attached hydrogens (tertiary/aromatic N) is 1. The van der Waals surface area contributed by atoms with Gasteiger partial charge < -0.3 is 10.1 Å². The van der Waals surface area contributed by atoms with Crippen molar-refractivity contribution in [1.29, 1.82) is 0 Å². The number of carbonyl (C=O) groups excluding carboxylic acids is 1. The lowest BCUT2D eigenvalue weighted by atomic mass is 9.99. The molecule has 0 saturated heterocycles. The van der Waals surface area contributed by atoms with Crippen LogP contribution >= 0.6 is 11.3 Å². The zero-order chi connectivity index (χ0) is 21.8. The molecule has 1 N–H and O–H groups in total. The summed E-state index contributed by atoms with van der Waals surface area (Å²) in [7, 11) is 0. The fraction of sp³-hybridized carbons (Fsp3) is 0.231. The molecule has 0 spiro atoms. The summed E-state index contributed by atoms with van der Waals surface area (Å²) in [5.41, 5.74) is 5.30. The minimum absolute atomic E-state index is 0.0261. The van der Waals surface area contributed by atoms with Gasteiger partial charge >= 0.3 is 0 Å². The van der Waals surface area contributed by atoms with Crippen molar-refractivity contribution in [2.75, 3.05) is 11.9 Å². The molecule has 31 heavy (non-hydrogen) atoms. The molecule has 0 saturated carbocycles.